The normalized spacial score (nSPS) is 34.4. The number of β-amino-alcohol motifs (C(OH)–C–C–N with tert-alkyl or cyclic N) is 1. The number of amides is 2. The van der Waals surface area contributed by atoms with Crippen molar-refractivity contribution in [2.75, 3.05) is 18.8 Å². The van der Waals surface area contributed by atoms with Gasteiger partial charge in [0.25, 0.3) is 0 Å². The molecule has 2 saturated heterocycles. The second-order valence-electron chi connectivity index (χ2n) is 5.85. The molecule has 2 heterocycles. The zero-order chi connectivity index (χ0) is 14.3. The van der Waals surface area contributed by atoms with Crippen molar-refractivity contribution in [2.45, 2.75) is 43.2 Å². The minimum atomic E-state index is -0.924. The Morgan fingerprint density at radius 1 is 1.20 bits per heavy atom. The number of nitrogens with zero attached hydrogens (tertiary/aromatic N) is 2. The summed E-state index contributed by atoms with van der Waals surface area (Å²) in [6.07, 6.45) is 3.17. The molecule has 112 valence electrons. The molecule has 20 heavy (non-hydrogen) atoms. The molecule has 1 aliphatic carbocycles. The van der Waals surface area contributed by atoms with Crippen LogP contribution in [0.4, 0.5) is 4.79 Å². The van der Waals surface area contributed by atoms with Gasteiger partial charge >= 0.3 is 12.0 Å². The fraction of sp³-hybridized carbons (Fsp3) is 0.846. The van der Waals surface area contributed by atoms with Gasteiger partial charge in [-0.05, 0) is 31.6 Å². The molecular formula is C13H20N2O4S. The third-order valence-corrected chi connectivity index (χ3v) is 5.69. The lowest BCUT2D eigenvalue weighted by atomic mass is 10.1. The van der Waals surface area contributed by atoms with Crippen molar-refractivity contribution in [3.05, 3.63) is 0 Å². The molecule has 2 amide bonds. The average molecular weight is 300 g/mol. The Morgan fingerprint density at radius 3 is 2.55 bits per heavy atom. The van der Waals surface area contributed by atoms with Crippen LogP contribution in [0.25, 0.3) is 0 Å². The number of likely N-dealkylation sites (tertiary alicyclic amines) is 1. The maximum Gasteiger partial charge on any atom is 0.327 e. The summed E-state index contributed by atoms with van der Waals surface area (Å²) in [6.45, 7) is 0.935. The van der Waals surface area contributed by atoms with Crippen molar-refractivity contribution in [3.8, 4) is 0 Å². The van der Waals surface area contributed by atoms with Crippen LogP contribution in [0.1, 0.15) is 25.7 Å². The molecule has 3 aliphatic rings. The van der Waals surface area contributed by atoms with Gasteiger partial charge in [-0.25, -0.2) is 9.59 Å². The fourth-order valence-electron chi connectivity index (χ4n) is 3.00. The molecule has 3 rings (SSSR count). The van der Waals surface area contributed by atoms with E-state index < -0.39 is 18.1 Å². The Balaban J connectivity index is 1.76. The number of thioether (sulfide) groups is 1. The van der Waals surface area contributed by atoms with Gasteiger partial charge in [-0.1, -0.05) is 0 Å². The first kappa shape index (κ1) is 14.0. The molecule has 3 atom stereocenters. The van der Waals surface area contributed by atoms with E-state index in [1.165, 1.54) is 0 Å². The van der Waals surface area contributed by atoms with Crippen molar-refractivity contribution in [3.63, 3.8) is 0 Å². The summed E-state index contributed by atoms with van der Waals surface area (Å²) in [6, 6.07) is -0.935. The van der Waals surface area contributed by atoms with E-state index in [1.54, 1.807) is 21.6 Å². The number of piperidine rings is 1. The highest BCUT2D eigenvalue weighted by molar-refractivity contribution is 8.00. The van der Waals surface area contributed by atoms with E-state index in [0.717, 1.165) is 19.3 Å². The van der Waals surface area contributed by atoms with Crippen LogP contribution in [0.2, 0.25) is 0 Å². The summed E-state index contributed by atoms with van der Waals surface area (Å²) in [5.41, 5.74) is 0. The highest BCUT2D eigenvalue weighted by Crippen LogP contribution is 2.45. The zero-order valence-corrected chi connectivity index (χ0v) is 12.1. The van der Waals surface area contributed by atoms with Gasteiger partial charge in [0.15, 0.2) is 0 Å². The van der Waals surface area contributed by atoms with Crippen molar-refractivity contribution in [1.82, 2.24) is 9.80 Å². The van der Waals surface area contributed by atoms with Crippen LogP contribution in [-0.2, 0) is 4.79 Å². The summed E-state index contributed by atoms with van der Waals surface area (Å²) >= 11 is 1.59. The Bertz CT molecular complexity index is 415. The van der Waals surface area contributed by atoms with Crippen LogP contribution in [0, 0.1) is 5.92 Å². The molecule has 0 spiro atoms. The van der Waals surface area contributed by atoms with Crippen LogP contribution in [0.5, 0.6) is 0 Å². The molecule has 0 aromatic carbocycles. The Labute approximate surface area is 122 Å². The van der Waals surface area contributed by atoms with Gasteiger partial charge < -0.3 is 15.1 Å². The van der Waals surface area contributed by atoms with Crippen LogP contribution in [0.15, 0.2) is 0 Å². The first-order chi connectivity index (χ1) is 9.58. The van der Waals surface area contributed by atoms with Crippen LogP contribution < -0.4 is 0 Å². The number of rotatable bonds is 2. The Morgan fingerprint density at radius 2 is 1.95 bits per heavy atom. The summed E-state index contributed by atoms with van der Waals surface area (Å²) in [7, 11) is 0. The average Bonchev–Trinajstić information content (AvgIpc) is 3.16. The molecule has 0 radical (unpaired) electrons. The van der Waals surface area contributed by atoms with E-state index >= 15 is 0 Å². The molecular weight excluding hydrogens is 280 g/mol. The highest BCUT2D eigenvalue weighted by atomic mass is 32.2. The third kappa shape index (κ3) is 2.61. The number of aliphatic hydroxyl groups excluding tert-OH is 1. The number of carbonyl (C=O) groups excluding carboxylic acids is 1. The molecule has 7 heteroatoms. The van der Waals surface area contributed by atoms with Gasteiger partial charge in [-0.3, -0.25) is 4.90 Å². The molecule has 2 N–H and O–H groups in total. The first-order valence-electron chi connectivity index (χ1n) is 7.17. The monoisotopic (exact) mass is 300 g/mol. The molecule has 3 unspecified atom stereocenters. The lowest BCUT2D eigenvalue weighted by molar-refractivity contribution is -0.141. The van der Waals surface area contributed by atoms with Gasteiger partial charge in [-0.15, -0.1) is 11.8 Å². The van der Waals surface area contributed by atoms with Gasteiger partial charge in [0.2, 0.25) is 0 Å². The fourth-order valence-corrected chi connectivity index (χ4v) is 4.62. The number of hydrogen-bond donors (Lipinski definition) is 2. The first-order valence-corrected chi connectivity index (χ1v) is 8.22. The minimum Gasteiger partial charge on any atom is -0.480 e. The number of aliphatic hydroxyl groups is 1. The van der Waals surface area contributed by atoms with Crippen molar-refractivity contribution in [2.24, 2.45) is 5.92 Å². The number of carbonyl (C=O) groups is 2. The Hall–Kier alpha value is -0.950. The van der Waals surface area contributed by atoms with Crippen molar-refractivity contribution < 1.29 is 19.8 Å². The van der Waals surface area contributed by atoms with Gasteiger partial charge in [0.05, 0.1) is 11.5 Å². The lowest BCUT2D eigenvalue weighted by Crippen LogP contribution is -2.54. The van der Waals surface area contributed by atoms with Crippen LogP contribution in [-0.4, -0.2) is 68.4 Å². The standard InChI is InChI=1S/C13H20N2O4S/c16-9-2-1-5-14(6-9)13(19)15-10(12(17)18)7-20-11(15)8-3-4-8/h8-11,16H,1-7H2,(H,17,18). The number of aliphatic carboxylic acids is 1. The van der Waals surface area contributed by atoms with Gasteiger partial charge in [0, 0.05) is 18.8 Å². The molecule has 6 nitrogen and oxygen atoms in total. The summed E-state index contributed by atoms with van der Waals surface area (Å²) in [4.78, 5) is 27.2. The maximum atomic E-state index is 12.7. The predicted molar refractivity (Wildman–Crippen MR) is 74.4 cm³/mol. The summed E-state index contributed by atoms with van der Waals surface area (Å²) in [5.74, 6) is -0.00638. The summed E-state index contributed by atoms with van der Waals surface area (Å²) in [5, 5.41) is 19.0. The van der Waals surface area contributed by atoms with E-state index in [4.69, 9.17) is 0 Å². The van der Waals surface area contributed by atoms with Crippen LogP contribution in [0.3, 0.4) is 0 Å². The van der Waals surface area contributed by atoms with Crippen LogP contribution >= 0.6 is 11.8 Å². The molecule has 0 aromatic heterocycles. The van der Waals surface area contributed by atoms with Crippen molar-refractivity contribution >= 4 is 23.8 Å². The number of hydrogen-bond acceptors (Lipinski definition) is 4. The highest BCUT2D eigenvalue weighted by Gasteiger charge is 2.49. The number of carboxylic acid groups (broad SMARTS) is 1. The van der Waals surface area contributed by atoms with E-state index in [0.29, 0.717) is 31.2 Å². The minimum absolute atomic E-state index is 0.00247. The maximum absolute atomic E-state index is 12.7. The number of urea groups is 1. The summed E-state index contributed by atoms with van der Waals surface area (Å²) < 4.78 is 0. The number of carboxylic acids is 1. The lowest BCUT2D eigenvalue weighted by Gasteiger charge is -2.36. The second-order valence-corrected chi connectivity index (χ2v) is 7.00. The smallest absolute Gasteiger partial charge is 0.327 e. The second kappa shape index (κ2) is 5.44. The topological polar surface area (TPSA) is 81.1 Å². The molecule has 2 aliphatic heterocycles. The molecule has 0 aromatic rings. The SMILES string of the molecule is O=C(O)C1CSC(C2CC2)N1C(=O)N1CCCC(O)C1. The van der Waals surface area contributed by atoms with Crippen molar-refractivity contribution in [1.29, 1.82) is 0 Å². The van der Waals surface area contributed by atoms with E-state index in [-0.39, 0.29) is 11.4 Å². The Kier molecular flexibility index (Phi) is 3.81. The van der Waals surface area contributed by atoms with Gasteiger partial charge in [0.1, 0.15) is 6.04 Å². The zero-order valence-electron chi connectivity index (χ0n) is 11.3. The van der Waals surface area contributed by atoms with E-state index in [9.17, 15) is 19.8 Å². The molecule has 3 fully saturated rings. The van der Waals surface area contributed by atoms with E-state index in [1.807, 2.05) is 0 Å². The largest absolute Gasteiger partial charge is 0.480 e. The molecule has 0 bridgehead atoms. The predicted octanol–water partition coefficient (Wildman–Crippen LogP) is 0.801. The van der Waals surface area contributed by atoms with E-state index in [2.05, 4.69) is 0 Å². The quantitative estimate of drug-likeness (QED) is 0.788. The van der Waals surface area contributed by atoms with Gasteiger partial charge in [-0.2, -0.15) is 0 Å². The third-order valence-electron chi connectivity index (χ3n) is 4.23. The molecule has 1 saturated carbocycles.